The van der Waals surface area contributed by atoms with Crippen molar-refractivity contribution in [2.75, 3.05) is 0 Å². The summed E-state index contributed by atoms with van der Waals surface area (Å²) in [6.07, 6.45) is 5.86. The van der Waals surface area contributed by atoms with Crippen LogP contribution >= 0.6 is 15.9 Å². The number of halogens is 1. The van der Waals surface area contributed by atoms with Gasteiger partial charge in [-0.3, -0.25) is 0 Å². The lowest BCUT2D eigenvalue weighted by Gasteiger charge is -2.09. The maximum atomic E-state index is 5.56. The van der Waals surface area contributed by atoms with E-state index in [2.05, 4.69) is 26.1 Å². The fraction of sp³-hybridized carbons (Fsp3) is 0.143. The van der Waals surface area contributed by atoms with Crippen LogP contribution in [0, 0.1) is 0 Å². The molecule has 0 unspecified atom stereocenters. The molecule has 0 aromatic carbocycles. The third kappa shape index (κ3) is 0.939. The van der Waals surface area contributed by atoms with Crippen molar-refractivity contribution in [3.8, 4) is 0 Å². The molecule has 0 aromatic heterocycles. The summed E-state index contributed by atoms with van der Waals surface area (Å²) in [5.41, 5.74) is 7.41. The first kappa shape index (κ1) is 6.79. The Labute approximate surface area is 72.5 Å². The van der Waals surface area contributed by atoms with Crippen molar-refractivity contribution in [1.82, 2.24) is 0 Å². The monoisotopic (exact) mass is 211 g/mol. The average molecular weight is 212 g/mol. The molecule has 1 aliphatic carbocycles. The number of allylic oxidation sites excluding steroid dienone is 3. The number of rotatable bonds is 0. The smallest absolute Gasteiger partial charge is 0.155 e. The van der Waals surface area contributed by atoms with E-state index >= 15 is 0 Å². The van der Waals surface area contributed by atoms with Gasteiger partial charge in [-0.05, 0) is 6.08 Å². The Hall–Kier alpha value is -0.900. The van der Waals surface area contributed by atoms with Gasteiger partial charge >= 0.3 is 0 Å². The van der Waals surface area contributed by atoms with Gasteiger partial charge in [-0.15, -0.1) is 5.10 Å². The predicted octanol–water partition coefficient (Wildman–Crippen LogP) is 0.973. The summed E-state index contributed by atoms with van der Waals surface area (Å²) in [6, 6.07) is 0. The minimum atomic E-state index is 0.160. The molecular formula is C7H6BrN3. The van der Waals surface area contributed by atoms with Gasteiger partial charge in [0, 0.05) is 5.57 Å². The molecule has 56 valence electrons. The SMILES string of the molecule is NC1=NN=C2C1=CC=C[C@@H]2Br. The highest BCUT2D eigenvalue weighted by Gasteiger charge is 2.23. The molecular weight excluding hydrogens is 206 g/mol. The zero-order valence-corrected chi connectivity index (χ0v) is 7.25. The standard InChI is InChI=1S/C7H6BrN3/c8-5-3-1-2-4-6(5)10-11-7(4)9/h1-3,5H,(H2,9,11)/t5-/m0/s1. The number of alkyl halides is 1. The van der Waals surface area contributed by atoms with Crippen molar-refractivity contribution in [2.24, 2.45) is 15.9 Å². The van der Waals surface area contributed by atoms with Crippen LogP contribution in [0.3, 0.4) is 0 Å². The van der Waals surface area contributed by atoms with Crippen LogP contribution in [0.2, 0.25) is 0 Å². The van der Waals surface area contributed by atoms with E-state index in [1.807, 2.05) is 18.2 Å². The first-order valence-corrected chi connectivity index (χ1v) is 4.15. The summed E-state index contributed by atoms with van der Waals surface area (Å²) >= 11 is 3.44. The van der Waals surface area contributed by atoms with E-state index in [9.17, 15) is 0 Å². The quantitative estimate of drug-likeness (QED) is 0.597. The van der Waals surface area contributed by atoms with Gasteiger partial charge in [0.25, 0.3) is 0 Å². The molecule has 3 nitrogen and oxygen atoms in total. The van der Waals surface area contributed by atoms with Gasteiger partial charge in [0.1, 0.15) is 0 Å². The van der Waals surface area contributed by atoms with E-state index in [1.165, 1.54) is 0 Å². The van der Waals surface area contributed by atoms with Crippen LogP contribution in [0.5, 0.6) is 0 Å². The lowest BCUT2D eigenvalue weighted by Crippen LogP contribution is -2.23. The molecule has 0 saturated carbocycles. The second-order valence-corrected chi connectivity index (χ2v) is 3.32. The Bertz CT molecular complexity index is 312. The molecule has 0 bridgehead atoms. The molecule has 2 N–H and O–H groups in total. The Morgan fingerprint density at radius 2 is 2.27 bits per heavy atom. The van der Waals surface area contributed by atoms with Crippen molar-refractivity contribution in [2.45, 2.75) is 4.83 Å². The molecule has 0 spiro atoms. The minimum Gasteiger partial charge on any atom is -0.382 e. The normalized spacial score (nSPS) is 27.4. The van der Waals surface area contributed by atoms with Gasteiger partial charge in [-0.2, -0.15) is 5.10 Å². The molecule has 2 aliphatic rings. The molecule has 0 amide bonds. The zero-order valence-electron chi connectivity index (χ0n) is 5.66. The second kappa shape index (κ2) is 2.30. The molecule has 0 radical (unpaired) electrons. The zero-order chi connectivity index (χ0) is 7.84. The van der Waals surface area contributed by atoms with Gasteiger partial charge in [-0.25, -0.2) is 0 Å². The van der Waals surface area contributed by atoms with E-state index in [-0.39, 0.29) is 4.83 Å². The maximum Gasteiger partial charge on any atom is 0.155 e. The van der Waals surface area contributed by atoms with Gasteiger partial charge in [0.2, 0.25) is 0 Å². The van der Waals surface area contributed by atoms with Gasteiger partial charge in [0.15, 0.2) is 5.84 Å². The number of fused-ring (bicyclic) bond motifs is 1. The molecule has 2 rings (SSSR count). The van der Waals surface area contributed by atoms with Crippen LogP contribution in [0.25, 0.3) is 0 Å². The Morgan fingerprint density at radius 3 is 3.00 bits per heavy atom. The highest BCUT2D eigenvalue weighted by Crippen LogP contribution is 2.20. The molecule has 1 heterocycles. The van der Waals surface area contributed by atoms with Crippen molar-refractivity contribution < 1.29 is 0 Å². The van der Waals surface area contributed by atoms with Gasteiger partial charge < -0.3 is 5.73 Å². The molecule has 0 aromatic rings. The van der Waals surface area contributed by atoms with E-state index in [0.717, 1.165) is 11.3 Å². The number of amidine groups is 1. The van der Waals surface area contributed by atoms with Gasteiger partial charge in [0.05, 0.1) is 10.5 Å². The summed E-state index contributed by atoms with van der Waals surface area (Å²) in [5, 5.41) is 7.71. The fourth-order valence-corrected chi connectivity index (χ4v) is 1.58. The van der Waals surface area contributed by atoms with E-state index in [4.69, 9.17) is 5.73 Å². The van der Waals surface area contributed by atoms with Crippen LogP contribution in [0.15, 0.2) is 34.0 Å². The number of hydrogen-bond donors (Lipinski definition) is 1. The van der Waals surface area contributed by atoms with Crippen molar-refractivity contribution >= 4 is 27.5 Å². The Kier molecular flexibility index (Phi) is 1.42. The third-order valence-electron chi connectivity index (χ3n) is 1.62. The van der Waals surface area contributed by atoms with E-state index in [1.54, 1.807) is 0 Å². The fourth-order valence-electron chi connectivity index (χ4n) is 1.06. The number of nitrogens with two attached hydrogens (primary N) is 1. The number of nitrogens with zero attached hydrogens (tertiary/aromatic N) is 2. The molecule has 1 aliphatic heterocycles. The largest absolute Gasteiger partial charge is 0.382 e. The molecule has 1 atom stereocenters. The highest BCUT2D eigenvalue weighted by atomic mass is 79.9. The topological polar surface area (TPSA) is 50.7 Å². The second-order valence-electron chi connectivity index (χ2n) is 2.34. The van der Waals surface area contributed by atoms with E-state index in [0.29, 0.717) is 5.84 Å². The molecule has 11 heavy (non-hydrogen) atoms. The number of hydrogen-bond acceptors (Lipinski definition) is 3. The average Bonchev–Trinajstić information content (AvgIpc) is 2.35. The summed E-state index contributed by atoms with van der Waals surface area (Å²) < 4.78 is 0. The van der Waals surface area contributed by atoms with Gasteiger partial charge in [-0.1, -0.05) is 28.1 Å². The highest BCUT2D eigenvalue weighted by molar-refractivity contribution is 9.10. The van der Waals surface area contributed by atoms with Crippen LogP contribution in [-0.2, 0) is 0 Å². The Balaban J connectivity index is 2.45. The minimum absolute atomic E-state index is 0.160. The lowest BCUT2D eigenvalue weighted by atomic mass is 10.0. The summed E-state index contributed by atoms with van der Waals surface area (Å²) in [5.74, 6) is 0.508. The Morgan fingerprint density at radius 1 is 1.45 bits per heavy atom. The summed E-state index contributed by atoms with van der Waals surface area (Å²) in [7, 11) is 0. The van der Waals surface area contributed by atoms with Crippen molar-refractivity contribution in [3.05, 3.63) is 23.8 Å². The van der Waals surface area contributed by atoms with E-state index < -0.39 is 0 Å². The first-order valence-electron chi connectivity index (χ1n) is 3.23. The first-order chi connectivity index (χ1) is 5.29. The maximum absolute atomic E-state index is 5.56. The van der Waals surface area contributed by atoms with Crippen LogP contribution < -0.4 is 5.73 Å². The van der Waals surface area contributed by atoms with Crippen molar-refractivity contribution in [3.63, 3.8) is 0 Å². The summed E-state index contributed by atoms with van der Waals surface area (Å²) in [6.45, 7) is 0. The third-order valence-corrected chi connectivity index (χ3v) is 2.36. The van der Waals surface area contributed by atoms with Crippen LogP contribution in [0.1, 0.15) is 0 Å². The lowest BCUT2D eigenvalue weighted by molar-refractivity contribution is 1.24. The van der Waals surface area contributed by atoms with Crippen LogP contribution in [0.4, 0.5) is 0 Å². The molecule has 4 heteroatoms. The van der Waals surface area contributed by atoms with Crippen molar-refractivity contribution in [1.29, 1.82) is 0 Å². The predicted molar refractivity (Wildman–Crippen MR) is 49.0 cm³/mol. The molecule has 0 saturated heterocycles. The summed E-state index contributed by atoms with van der Waals surface area (Å²) in [4.78, 5) is 0.160. The molecule has 0 fully saturated rings. The van der Waals surface area contributed by atoms with Crippen LogP contribution in [-0.4, -0.2) is 16.4 Å².